The van der Waals surface area contributed by atoms with E-state index in [2.05, 4.69) is 57.0 Å². The van der Waals surface area contributed by atoms with Crippen molar-refractivity contribution in [1.29, 1.82) is 0 Å². The number of aryl methyl sites for hydroxylation is 1. The van der Waals surface area contributed by atoms with E-state index in [-0.39, 0.29) is 29.7 Å². The first kappa shape index (κ1) is 23.0. The number of aromatic nitrogens is 1. The molecule has 5 nitrogen and oxygen atoms in total. The second-order valence-electron chi connectivity index (χ2n) is 9.30. The Balaban J connectivity index is 1.41. The molecule has 0 saturated heterocycles. The Bertz CT molecular complexity index is 1010. The molecule has 0 radical (unpaired) electrons. The summed E-state index contributed by atoms with van der Waals surface area (Å²) in [6.45, 7) is 8.49. The number of aliphatic imine (C=N–C) groups is 1. The number of hydrogen-bond donors (Lipinski definition) is 1. The summed E-state index contributed by atoms with van der Waals surface area (Å²) in [5.41, 5.74) is 11.1. The van der Waals surface area contributed by atoms with Crippen LogP contribution in [-0.2, 0) is 11.2 Å². The molecule has 4 rings (SSSR count). The molecule has 6 heteroatoms. The van der Waals surface area contributed by atoms with Crippen LogP contribution < -0.4 is 10.5 Å². The molecule has 5 unspecified atom stereocenters. The summed E-state index contributed by atoms with van der Waals surface area (Å²) >= 11 is 1.65. The van der Waals surface area contributed by atoms with Gasteiger partial charge in [-0.1, -0.05) is 48.4 Å². The van der Waals surface area contributed by atoms with Crippen LogP contribution in [0.4, 0.5) is 0 Å². The van der Waals surface area contributed by atoms with Crippen LogP contribution in [0.2, 0.25) is 0 Å². The molecule has 1 aromatic heterocycles. The fourth-order valence-electron chi connectivity index (χ4n) is 5.00. The summed E-state index contributed by atoms with van der Waals surface area (Å²) in [7, 11) is 0. The van der Waals surface area contributed by atoms with Crippen LogP contribution in [0.15, 0.2) is 52.6 Å². The molecule has 32 heavy (non-hydrogen) atoms. The fourth-order valence-corrected chi connectivity index (χ4v) is 6.27. The van der Waals surface area contributed by atoms with Gasteiger partial charge >= 0.3 is 5.97 Å². The monoisotopic (exact) mass is 451 g/mol. The van der Waals surface area contributed by atoms with Crippen molar-refractivity contribution in [3.63, 3.8) is 0 Å². The summed E-state index contributed by atoms with van der Waals surface area (Å²) in [6, 6.07) is 4.01. The third kappa shape index (κ3) is 5.24. The van der Waals surface area contributed by atoms with Gasteiger partial charge in [-0.25, -0.2) is 4.98 Å². The number of rotatable bonds is 5. The highest BCUT2D eigenvalue weighted by Gasteiger charge is 2.31. The number of allylic oxidation sites excluding steroid dienone is 3. The highest BCUT2D eigenvalue weighted by Crippen LogP contribution is 2.36. The molecule has 2 N–H and O–H groups in total. The summed E-state index contributed by atoms with van der Waals surface area (Å²) < 4.78 is 5.61. The smallest absolute Gasteiger partial charge is 0.319 e. The Kier molecular flexibility index (Phi) is 7.01. The minimum Gasteiger partial charge on any atom is -0.407 e. The van der Waals surface area contributed by atoms with E-state index < -0.39 is 0 Å². The maximum Gasteiger partial charge on any atom is 0.319 e. The standard InChI is InChI=1S/C26H33N3O2S/c1-5-19-18(10-16(3)11-20(19)27)13-22-17(4)7-9-24(28-22)31-26(30)14-25-29-21-8-6-15(2)12-23(21)32-25/h5-9,12,16,18,20-21,23H,10-11,13-14,27H2,1-4H3/b19-5+. The largest absolute Gasteiger partial charge is 0.407 e. The number of hydrogen-bond acceptors (Lipinski definition) is 6. The van der Waals surface area contributed by atoms with Gasteiger partial charge in [0.25, 0.3) is 0 Å². The number of fused-ring (bicyclic) bond motifs is 1. The van der Waals surface area contributed by atoms with Gasteiger partial charge in [-0.15, -0.1) is 11.8 Å². The zero-order chi connectivity index (χ0) is 22.8. The van der Waals surface area contributed by atoms with Gasteiger partial charge in [0.1, 0.15) is 0 Å². The number of nitrogens with zero attached hydrogens (tertiary/aromatic N) is 2. The molecule has 1 aromatic rings. The topological polar surface area (TPSA) is 77.6 Å². The first-order chi connectivity index (χ1) is 15.3. The van der Waals surface area contributed by atoms with E-state index >= 15 is 0 Å². The predicted molar refractivity (Wildman–Crippen MR) is 132 cm³/mol. The maximum atomic E-state index is 12.6. The first-order valence-electron chi connectivity index (χ1n) is 11.5. The number of carbonyl (C=O) groups excluding carboxylic acids is 1. The van der Waals surface area contributed by atoms with Gasteiger partial charge in [0.05, 0.1) is 22.8 Å². The summed E-state index contributed by atoms with van der Waals surface area (Å²) in [5.74, 6) is 1.03. The molecule has 0 bridgehead atoms. The van der Waals surface area contributed by atoms with Crippen LogP contribution in [0.5, 0.6) is 5.88 Å². The second kappa shape index (κ2) is 9.75. The van der Waals surface area contributed by atoms with Crippen molar-refractivity contribution in [3.05, 3.63) is 58.8 Å². The Morgan fingerprint density at radius 1 is 1.31 bits per heavy atom. The van der Waals surface area contributed by atoms with Crippen molar-refractivity contribution in [2.24, 2.45) is 22.6 Å². The summed E-state index contributed by atoms with van der Waals surface area (Å²) in [4.78, 5) is 22.0. The molecule has 1 fully saturated rings. The molecule has 5 atom stereocenters. The van der Waals surface area contributed by atoms with Crippen molar-refractivity contribution in [1.82, 2.24) is 4.98 Å². The number of carbonyl (C=O) groups is 1. The first-order valence-corrected chi connectivity index (χ1v) is 12.4. The molecule has 0 aromatic carbocycles. The normalized spacial score (nSPS) is 30.7. The van der Waals surface area contributed by atoms with Crippen molar-refractivity contribution < 1.29 is 9.53 Å². The number of thioether (sulfide) groups is 1. The molecule has 170 valence electrons. The highest BCUT2D eigenvalue weighted by atomic mass is 32.2. The SMILES string of the molecule is C/C=C1/C(N)CC(C)CC1Cc1nc(OC(=O)CC2=NC3C=CC(C)=CC3S2)ccc1C. The van der Waals surface area contributed by atoms with Crippen LogP contribution >= 0.6 is 11.8 Å². The number of esters is 1. The van der Waals surface area contributed by atoms with Gasteiger partial charge in [0, 0.05) is 17.8 Å². The summed E-state index contributed by atoms with van der Waals surface area (Å²) in [6.07, 6.45) is 11.7. The van der Waals surface area contributed by atoms with E-state index in [0.717, 1.165) is 35.6 Å². The highest BCUT2D eigenvalue weighted by molar-refractivity contribution is 8.15. The summed E-state index contributed by atoms with van der Waals surface area (Å²) in [5, 5.41) is 1.12. The Hall–Kier alpha value is -2.18. The maximum absolute atomic E-state index is 12.6. The number of pyridine rings is 1. The number of ether oxygens (including phenoxy) is 1. The molecular weight excluding hydrogens is 418 g/mol. The quantitative estimate of drug-likeness (QED) is 0.506. The van der Waals surface area contributed by atoms with E-state index in [1.165, 1.54) is 11.1 Å². The zero-order valence-electron chi connectivity index (χ0n) is 19.4. The van der Waals surface area contributed by atoms with E-state index in [0.29, 0.717) is 17.7 Å². The third-order valence-electron chi connectivity index (χ3n) is 6.59. The van der Waals surface area contributed by atoms with E-state index in [1.54, 1.807) is 17.8 Å². The van der Waals surface area contributed by atoms with Gasteiger partial charge < -0.3 is 10.5 Å². The van der Waals surface area contributed by atoms with Crippen LogP contribution in [0.25, 0.3) is 0 Å². The third-order valence-corrected chi connectivity index (χ3v) is 7.80. The molecule has 0 spiro atoms. The minimum absolute atomic E-state index is 0.122. The molecule has 3 aliphatic rings. The van der Waals surface area contributed by atoms with E-state index in [9.17, 15) is 4.79 Å². The van der Waals surface area contributed by atoms with Crippen molar-refractivity contribution in [2.75, 3.05) is 0 Å². The molecule has 2 heterocycles. The zero-order valence-corrected chi connectivity index (χ0v) is 20.2. The van der Waals surface area contributed by atoms with Crippen LogP contribution in [0, 0.1) is 18.8 Å². The van der Waals surface area contributed by atoms with Gasteiger partial charge in [0.15, 0.2) is 0 Å². The van der Waals surface area contributed by atoms with Gasteiger partial charge in [-0.2, -0.15) is 0 Å². The molecule has 1 saturated carbocycles. The minimum atomic E-state index is -0.315. The van der Waals surface area contributed by atoms with Crippen molar-refractivity contribution >= 4 is 22.8 Å². The Morgan fingerprint density at radius 2 is 2.12 bits per heavy atom. The average molecular weight is 452 g/mol. The van der Waals surface area contributed by atoms with Gasteiger partial charge in [0.2, 0.25) is 5.88 Å². The van der Waals surface area contributed by atoms with Gasteiger partial charge in [-0.05, 0) is 57.4 Å². The lowest BCUT2D eigenvalue weighted by Gasteiger charge is -2.34. The lowest BCUT2D eigenvalue weighted by molar-refractivity contribution is -0.133. The van der Waals surface area contributed by atoms with Crippen LogP contribution in [0.1, 0.15) is 51.3 Å². The van der Waals surface area contributed by atoms with E-state index in [4.69, 9.17) is 15.5 Å². The van der Waals surface area contributed by atoms with Crippen molar-refractivity contribution in [2.45, 2.75) is 70.7 Å². The molecule has 1 aliphatic heterocycles. The fraction of sp³-hybridized carbons (Fsp3) is 0.500. The average Bonchev–Trinajstić information content (AvgIpc) is 3.11. The Morgan fingerprint density at radius 3 is 2.91 bits per heavy atom. The number of nitrogens with two attached hydrogens (primary N) is 1. The lowest BCUT2D eigenvalue weighted by Crippen LogP contribution is -2.35. The lowest BCUT2D eigenvalue weighted by atomic mass is 9.73. The van der Waals surface area contributed by atoms with Crippen LogP contribution in [-0.4, -0.2) is 33.3 Å². The molecule has 2 aliphatic carbocycles. The van der Waals surface area contributed by atoms with E-state index in [1.807, 2.05) is 6.07 Å². The van der Waals surface area contributed by atoms with Crippen LogP contribution in [0.3, 0.4) is 0 Å². The Labute approximate surface area is 195 Å². The molecular formula is C26H33N3O2S. The van der Waals surface area contributed by atoms with Gasteiger partial charge in [-0.3, -0.25) is 9.79 Å². The second-order valence-corrected chi connectivity index (χ2v) is 10.6. The molecule has 0 amide bonds. The predicted octanol–water partition coefficient (Wildman–Crippen LogP) is 4.95. The van der Waals surface area contributed by atoms with Crippen molar-refractivity contribution in [3.8, 4) is 5.88 Å².